The summed E-state index contributed by atoms with van der Waals surface area (Å²) in [6.45, 7) is 1.77. The minimum absolute atomic E-state index is 0.0707. The molecule has 3 heteroatoms. The maximum Gasteiger partial charge on any atom is 0.127 e. The monoisotopic (exact) mass is 150 g/mol. The zero-order chi connectivity index (χ0) is 8.27. The standard InChI is InChI=1S/C8H10N2O/c1-6(8(9)10)5-7-3-2-4-11-7/h2-5H,1H3,(H3,9,10)/b6-5+. The molecule has 0 aliphatic heterocycles. The van der Waals surface area contributed by atoms with Crippen molar-refractivity contribution in [2.75, 3.05) is 0 Å². The van der Waals surface area contributed by atoms with Gasteiger partial charge >= 0.3 is 0 Å². The van der Waals surface area contributed by atoms with Gasteiger partial charge in [0.25, 0.3) is 0 Å². The van der Waals surface area contributed by atoms with Crippen LogP contribution in [-0.4, -0.2) is 5.84 Å². The third kappa shape index (κ3) is 1.97. The lowest BCUT2D eigenvalue weighted by atomic mass is 10.2. The van der Waals surface area contributed by atoms with E-state index < -0.39 is 0 Å². The first-order valence-electron chi connectivity index (χ1n) is 3.26. The van der Waals surface area contributed by atoms with Gasteiger partial charge in [-0.15, -0.1) is 0 Å². The minimum Gasteiger partial charge on any atom is -0.465 e. The number of nitrogens with two attached hydrogens (primary N) is 1. The number of rotatable bonds is 2. The zero-order valence-electron chi connectivity index (χ0n) is 6.29. The Morgan fingerprint density at radius 2 is 2.45 bits per heavy atom. The Balaban J connectivity index is 2.82. The molecule has 1 aromatic rings. The van der Waals surface area contributed by atoms with Crippen LogP contribution in [-0.2, 0) is 0 Å². The van der Waals surface area contributed by atoms with Crippen molar-refractivity contribution in [2.24, 2.45) is 5.73 Å². The van der Waals surface area contributed by atoms with E-state index in [0.29, 0.717) is 5.57 Å². The summed E-state index contributed by atoms with van der Waals surface area (Å²) in [4.78, 5) is 0. The lowest BCUT2D eigenvalue weighted by Gasteiger charge is -1.93. The fraction of sp³-hybridized carbons (Fsp3) is 0.125. The van der Waals surface area contributed by atoms with E-state index in [2.05, 4.69) is 0 Å². The fourth-order valence-corrected chi connectivity index (χ4v) is 0.665. The highest BCUT2D eigenvalue weighted by atomic mass is 16.3. The first-order chi connectivity index (χ1) is 5.20. The molecule has 0 spiro atoms. The predicted molar refractivity (Wildman–Crippen MR) is 44.3 cm³/mol. The van der Waals surface area contributed by atoms with Crippen LogP contribution in [0.3, 0.4) is 0 Å². The predicted octanol–water partition coefficient (Wildman–Crippen LogP) is 1.62. The molecule has 0 radical (unpaired) electrons. The van der Waals surface area contributed by atoms with Crippen molar-refractivity contribution >= 4 is 11.9 Å². The molecule has 0 bridgehead atoms. The van der Waals surface area contributed by atoms with Gasteiger partial charge in [0.2, 0.25) is 0 Å². The number of amidine groups is 1. The Labute approximate surface area is 65.0 Å². The second kappa shape index (κ2) is 3.05. The van der Waals surface area contributed by atoms with Crippen LogP contribution in [0.2, 0.25) is 0 Å². The van der Waals surface area contributed by atoms with E-state index in [9.17, 15) is 0 Å². The SMILES string of the molecule is C/C(=C\c1ccco1)C(=N)N. The van der Waals surface area contributed by atoms with Crippen LogP contribution in [0.1, 0.15) is 12.7 Å². The summed E-state index contributed by atoms with van der Waals surface area (Å²) in [6, 6.07) is 3.60. The van der Waals surface area contributed by atoms with Gasteiger partial charge in [0, 0.05) is 0 Å². The molecule has 1 heterocycles. The van der Waals surface area contributed by atoms with Crippen molar-refractivity contribution in [3.8, 4) is 0 Å². The van der Waals surface area contributed by atoms with Crippen LogP contribution in [0, 0.1) is 5.41 Å². The largest absolute Gasteiger partial charge is 0.465 e. The lowest BCUT2D eigenvalue weighted by molar-refractivity contribution is 0.557. The van der Waals surface area contributed by atoms with Gasteiger partial charge in [0.15, 0.2) is 0 Å². The molecule has 0 fully saturated rings. The van der Waals surface area contributed by atoms with Crippen molar-refractivity contribution in [2.45, 2.75) is 6.92 Å². The molecular weight excluding hydrogens is 140 g/mol. The molecule has 0 saturated carbocycles. The Morgan fingerprint density at radius 3 is 2.91 bits per heavy atom. The molecule has 3 N–H and O–H groups in total. The Morgan fingerprint density at radius 1 is 1.73 bits per heavy atom. The van der Waals surface area contributed by atoms with Gasteiger partial charge in [-0.1, -0.05) is 0 Å². The Bertz CT molecular complexity index is 272. The van der Waals surface area contributed by atoms with Crippen molar-refractivity contribution in [3.05, 3.63) is 29.7 Å². The highest BCUT2D eigenvalue weighted by Gasteiger charge is 1.94. The van der Waals surface area contributed by atoms with Crippen molar-refractivity contribution < 1.29 is 4.42 Å². The topological polar surface area (TPSA) is 63.0 Å². The fourth-order valence-electron chi connectivity index (χ4n) is 0.665. The van der Waals surface area contributed by atoms with Gasteiger partial charge in [-0.05, 0) is 30.7 Å². The molecule has 0 saturated heterocycles. The van der Waals surface area contributed by atoms with Crippen LogP contribution in [0.5, 0.6) is 0 Å². The number of hydrogen-bond donors (Lipinski definition) is 2. The summed E-state index contributed by atoms with van der Waals surface area (Å²) in [5.41, 5.74) is 5.93. The molecule has 0 unspecified atom stereocenters. The number of nitrogens with one attached hydrogen (secondary N) is 1. The van der Waals surface area contributed by atoms with Crippen LogP contribution in [0.25, 0.3) is 6.08 Å². The number of hydrogen-bond acceptors (Lipinski definition) is 2. The maximum atomic E-state index is 7.07. The molecular formula is C8H10N2O. The molecule has 0 amide bonds. The molecule has 3 nitrogen and oxygen atoms in total. The number of furan rings is 1. The van der Waals surface area contributed by atoms with Crippen molar-refractivity contribution in [1.82, 2.24) is 0 Å². The zero-order valence-corrected chi connectivity index (χ0v) is 6.29. The molecule has 0 atom stereocenters. The highest BCUT2D eigenvalue weighted by molar-refractivity contribution is 5.97. The highest BCUT2D eigenvalue weighted by Crippen LogP contribution is 2.05. The maximum absolute atomic E-state index is 7.07. The smallest absolute Gasteiger partial charge is 0.127 e. The van der Waals surface area contributed by atoms with Gasteiger partial charge in [-0.25, -0.2) is 0 Å². The van der Waals surface area contributed by atoms with Crippen LogP contribution in [0.4, 0.5) is 0 Å². The first kappa shape index (κ1) is 7.60. The summed E-state index contributed by atoms with van der Waals surface area (Å²) in [7, 11) is 0. The van der Waals surface area contributed by atoms with Crippen molar-refractivity contribution in [3.63, 3.8) is 0 Å². The summed E-state index contributed by atoms with van der Waals surface area (Å²) >= 11 is 0. The third-order valence-corrected chi connectivity index (χ3v) is 1.33. The Hall–Kier alpha value is -1.51. The van der Waals surface area contributed by atoms with E-state index in [1.54, 1.807) is 25.3 Å². The van der Waals surface area contributed by atoms with Gasteiger partial charge in [-0.2, -0.15) is 0 Å². The average molecular weight is 150 g/mol. The molecule has 1 aromatic heterocycles. The summed E-state index contributed by atoms with van der Waals surface area (Å²) in [6.07, 6.45) is 3.31. The lowest BCUT2D eigenvalue weighted by Crippen LogP contribution is -2.10. The Kier molecular flexibility index (Phi) is 2.11. The second-order valence-corrected chi connectivity index (χ2v) is 2.26. The normalized spacial score (nSPS) is 11.5. The van der Waals surface area contributed by atoms with Crippen molar-refractivity contribution in [1.29, 1.82) is 5.41 Å². The summed E-state index contributed by atoms with van der Waals surface area (Å²) < 4.78 is 5.03. The van der Waals surface area contributed by atoms with Gasteiger partial charge in [0.1, 0.15) is 11.6 Å². The molecule has 11 heavy (non-hydrogen) atoms. The molecule has 0 aromatic carbocycles. The average Bonchev–Trinajstić information content (AvgIpc) is 2.39. The molecule has 0 aliphatic rings. The summed E-state index contributed by atoms with van der Waals surface area (Å²) in [5, 5.41) is 7.07. The van der Waals surface area contributed by atoms with Gasteiger partial charge < -0.3 is 10.2 Å². The summed E-state index contributed by atoms with van der Waals surface area (Å²) in [5.74, 6) is 0.791. The van der Waals surface area contributed by atoms with Crippen LogP contribution < -0.4 is 5.73 Å². The van der Waals surface area contributed by atoms with Gasteiger partial charge in [0.05, 0.1) is 6.26 Å². The van der Waals surface area contributed by atoms with Gasteiger partial charge in [-0.3, -0.25) is 5.41 Å². The van der Waals surface area contributed by atoms with E-state index in [1.807, 2.05) is 6.07 Å². The molecule has 0 aliphatic carbocycles. The van der Waals surface area contributed by atoms with Crippen LogP contribution in [0.15, 0.2) is 28.4 Å². The first-order valence-corrected chi connectivity index (χ1v) is 3.26. The van der Waals surface area contributed by atoms with Crippen LogP contribution >= 0.6 is 0 Å². The quantitative estimate of drug-likeness (QED) is 0.497. The van der Waals surface area contributed by atoms with E-state index in [-0.39, 0.29) is 5.84 Å². The minimum atomic E-state index is 0.0707. The van der Waals surface area contributed by atoms with E-state index in [0.717, 1.165) is 5.76 Å². The van der Waals surface area contributed by atoms with E-state index >= 15 is 0 Å². The van der Waals surface area contributed by atoms with E-state index in [1.165, 1.54) is 0 Å². The molecule has 1 rings (SSSR count). The molecule has 58 valence electrons. The second-order valence-electron chi connectivity index (χ2n) is 2.26. The third-order valence-electron chi connectivity index (χ3n) is 1.33. The van der Waals surface area contributed by atoms with E-state index in [4.69, 9.17) is 15.6 Å².